The van der Waals surface area contributed by atoms with Crippen molar-refractivity contribution in [3.63, 3.8) is 0 Å². The second-order valence-electron chi connectivity index (χ2n) is 8.08. The average Bonchev–Trinajstić information content (AvgIpc) is 3.03. The van der Waals surface area contributed by atoms with Crippen molar-refractivity contribution in [3.8, 4) is 17.2 Å². The van der Waals surface area contributed by atoms with E-state index in [2.05, 4.69) is 42.3 Å². The average molecular weight is 413 g/mol. The number of rotatable bonds is 10. The minimum atomic E-state index is 0.403. The van der Waals surface area contributed by atoms with Crippen LogP contribution in [-0.4, -0.2) is 39.5 Å². The van der Waals surface area contributed by atoms with Crippen LogP contribution in [0.4, 0.5) is 5.69 Å². The molecule has 2 aromatic rings. The van der Waals surface area contributed by atoms with Gasteiger partial charge in [-0.1, -0.05) is 44.9 Å². The zero-order valence-electron chi connectivity index (χ0n) is 18.7. The number of hydrogen-bond acceptors (Lipinski definition) is 5. The van der Waals surface area contributed by atoms with Crippen LogP contribution in [0.15, 0.2) is 42.5 Å². The maximum absolute atomic E-state index is 6.43. The lowest BCUT2D eigenvalue weighted by Crippen LogP contribution is -2.28. The summed E-state index contributed by atoms with van der Waals surface area (Å²) in [7, 11) is 1.67. The molecule has 1 N–H and O–H groups in total. The highest BCUT2D eigenvalue weighted by Gasteiger charge is 2.18. The van der Waals surface area contributed by atoms with Gasteiger partial charge in [0.1, 0.15) is 12.4 Å². The number of benzene rings is 2. The summed E-state index contributed by atoms with van der Waals surface area (Å²) in [5, 5.41) is 3.59. The fourth-order valence-corrected chi connectivity index (χ4v) is 3.75. The summed E-state index contributed by atoms with van der Waals surface area (Å²) in [5.74, 6) is 2.34. The molecule has 1 heterocycles. The summed E-state index contributed by atoms with van der Waals surface area (Å²) in [4.78, 5) is 2.53. The van der Waals surface area contributed by atoms with E-state index in [4.69, 9.17) is 14.2 Å². The van der Waals surface area contributed by atoms with E-state index in [-0.39, 0.29) is 0 Å². The van der Waals surface area contributed by atoms with Crippen LogP contribution in [0.5, 0.6) is 17.2 Å². The molecule has 0 unspecified atom stereocenters. The summed E-state index contributed by atoms with van der Waals surface area (Å²) in [6.45, 7) is 8.37. The predicted octanol–water partition coefficient (Wildman–Crippen LogP) is 5.38. The maximum atomic E-state index is 6.43. The summed E-state index contributed by atoms with van der Waals surface area (Å²) in [5.41, 5.74) is 2.49. The number of ether oxygens (including phenoxy) is 3. The van der Waals surface area contributed by atoms with Gasteiger partial charge in [0, 0.05) is 44.0 Å². The monoisotopic (exact) mass is 412 g/mol. The number of anilines is 1. The van der Waals surface area contributed by atoms with Gasteiger partial charge in [0.2, 0.25) is 0 Å². The molecule has 1 aliphatic heterocycles. The Labute approximate surface area is 181 Å². The van der Waals surface area contributed by atoms with Crippen molar-refractivity contribution >= 4 is 5.69 Å². The Morgan fingerprint density at radius 2 is 1.57 bits per heavy atom. The van der Waals surface area contributed by atoms with E-state index in [1.165, 1.54) is 36.9 Å². The number of nitrogens with zero attached hydrogens (tertiary/aromatic N) is 1. The highest BCUT2D eigenvalue weighted by molar-refractivity contribution is 5.60. The number of nitrogens with one attached hydrogen (secondary N) is 1. The molecule has 0 amide bonds. The van der Waals surface area contributed by atoms with Gasteiger partial charge in [0.05, 0.1) is 6.61 Å². The van der Waals surface area contributed by atoms with Gasteiger partial charge in [-0.2, -0.15) is 0 Å². The van der Waals surface area contributed by atoms with Gasteiger partial charge in [-0.3, -0.25) is 0 Å². The summed E-state index contributed by atoms with van der Waals surface area (Å²) >= 11 is 0. The summed E-state index contributed by atoms with van der Waals surface area (Å²) in [6, 6.07) is 14.6. The van der Waals surface area contributed by atoms with Crippen molar-refractivity contribution in [2.75, 3.05) is 38.3 Å². The van der Waals surface area contributed by atoms with Gasteiger partial charge in [-0.25, -0.2) is 0 Å². The zero-order valence-corrected chi connectivity index (χ0v) is 18.7. The van der Waals surface area contributed by atoms with E-state index in [0.717, 1.165) is 36.9 Å². The topological polar surface area (TPSA) is 43.0 Å². The smallest absolute Gasteiger partial charge is 0.169 e. The van der Waals surface area contributed by atoms with Crippen molar-refractivity contribution in [1.82, 2.24) is 5.32 Å². The van der Waals surface area contributed by atoms with E-state index in [0.29, 0.717) is 19.3 Å². The van der Waals surface area contributed by atoms with Crippen LogP contribution < -0.4 is 19.7 Å². The van der Waals surface area contributed by atoms with Crippen molar-refractivity contribution < 1.29 is 14.2 Å². The fourth-order valence-electron chi connectivity index (χ4n) is 3.75. The Morgan fingerprint density at radius 3 is 2.27 bits per heavy atom. The van der Waals surface area contributed by atoms with Crippen LogP contribution in [0.3, 0.4) is 0 Å². The van der Waals surface area contributed by atoms with E-state index < -0.39 is 0 Å². The molecule has 5 nitrogen and oxygen atoms in total. The molecule has 0 aliphatic carbocycles. The molecule has 1 aliphatic rings. The van der Waals surface area contributed by atoms with Crippen molar-refractivity contribution in [3.05, 3.63) is 48.0 Å². The zero-order chi connectivity index (χ0) is 21.2. The van der Waals surface area contributed by atoms with E-state index >= 15 is 0 Å². The lowest BCUT2D eigenvalue weighted by molar-refractivity contribution is 0.144. The molecule has 1 saturated heterocycles. The predicted molar refractivity (Wildman–Crippen MR) is 123 cm³/mol. The molecule has 0 saturated carbocycles. The Morgan fingerprint density at radius 1 is 0.867 bits per heavy atom. The molecular formula is C25H36N2O3. The first-order valence-corrected chi connectivity index (χ1v) is 11.2. The molecule has 3 rings (SSSR count). The van der Waals surface area contributed by atoms with Crippen LogP contribution in [-0.2, 0) is 11.3 Å². The molecule has 2 aromatic carbocycles. The van der Waals surface area contributed by atoms with Gasteiger partial charge in [0.15, 0.2) is 11.5 Å². The molecule has 0 bridgehead atoms. The third-order valence-electron chi connectivity index (χ3n) is 5.36. The largest absolute Gasteiger partial charge is 0.487 e. The quantitative estimate of drug-likeness (QED) is 0.531. The summed E-state index contributed by atoms with van der Waals surface area (Å²) in [6.07, 6.45) is 5.13. The Bertz CT molecular complexity index is 771. The van der Waals surface area contributed by atoms with E-state index in [1.807, 2.05) is 24.3 Å². The molecule has 0 atom stereocenters. The van der Waals surface area contributed by atoms with Crippen LogP contribution in [0.2, 0.25) is 0 Å². The SMILES string of the molecule is COCCOc1ccccc1Oc1cccc(N2CCCCCC2)c1CNC(C)C. The summed E-state index contributed by atoms with van der Waals surface area (Å²) < 4.78 is 17.4. The Balaban J connectivity index is 1.89. The molecule has 5 heteroatoms. The molecule has 30 heavy (non-hydrogen) atoms. The van der Waals surface area contributed by atoms with Crippen LogP contribution >= 0.6 is 0 Å². The normalized spacial score (nSPS) is 14.6. The molecule has 1 fully saturated rings. The standard InChI is InChI=1S/C25H36N2O3/c1-20(2)26-19-21-22(27-15-8-4-5-9-16-27)11-10-14-23(21)30-25-13-7-6-12-24(25)29-18-17-28-3/h6-7,10-14,20,26H,4-5,8-9,15-19H2,1-3H3. The van der Waals surface area contributed by atoms with Gasteiger partial charge in [0.25, 0.3) is 0 Å². The first-order valence-electron chi connectivity index (χ1n) is 11.2. The Kier molecular flexibility index (Phi) is 8.84. The second kappa shape index (κ2) is 11.8. The first-order chi connectivity index (χ1) is 14.7. The third-order valence-corrected chi connectivity index (χ3v) is 5.36. The van der Waals surface area contributed by atoms with Crippen molar-refractivity contribution in [1.29, 1.82) is 0 Å². The third kappa shape index (κ3) is 6.38. The van der Waals surface area contributed by atoms with Gasteiger partial charge >= 0.3 is 0 Å². The minimum Gasteiger partial charge on any atom is -0.487 e. The van der Waals surface area contributed by atoms with Gasteiger partial charge in [-0.05, 0) is 37.1 Å². The van der Waals surface area contributed by atoms with Gasteiger partial charge in [-0.15, -0.1) is 0 Å². The fraction of sp³-hybridized carbons (Fsp3) is 0.520. The second-order valence-corrected chi connectivity index (χ2v) is 8.08. The minimum absolute atomic E-state index is 0.403. The highest BCUT2D eigenvalue weighted by Crippen LogP contribution is 2.37. The molecular weight excluding hydrogens is 376 g/mol. The first kappa shape index (κ1) is 22.4. The van der Waals surface area contributed by atoms with Crippen LogP contribution in [0.1, 0.15) is 45.1 Å². The molecule has 0 aromatic heterocycles. The van der Waals surface area contributed by atoms with Gasteiger partial charge < -0.3 is 24.4 Å². The number of para-hydroxylation sites is 2. The van der Waals surface area contributed by atoms with E-state index in [1.54, 1.807) is 7.11 Å². The molecule has 0 radical (unpaired) electrons. The maximum Gasteiger partial charge on any atom is 0.169 e. The van der Waals surface area contributed by atoms with E-state index in [9.17, 15) is 0 Å². The lowest BCUT2D eigenvalue weighted by Gasteiger charge is -2.27. The van der Waals surface area contributed by atoms with Crippen molar-refractivity contribution in [2.24, 2.45) is 0 Å². The number of methoxy groups -OCH3 is 1. The Hall–Kier alpha value is -2.24. The van der Waals surface area contributed by atoms with Crippen molar-refractivity contribution in [2.45, 2.75) is 52.1 Å². The molecule has 0 spiro atoms. The lowest BCUT2D eigenvalue weighted by atomic mass is 10.1. The number of hydrogen-bond donors (Lipinski definition) is 1. The van der Waals surface area contributed by atoms with Crippen LogP contribution in [0.25, 0.3) is 0 Å². The molecule has 164 valence electrons. The van der Waals surface area contributed by atoms with Crippen LogP contribution in [0, 0.1) is 0 Å². The highest BCUT2D eigenvalue weighted by atomic mass is 16.5.